The van der Waals surface area contributed by atoms with Gasteiger partial charge in [-0.15, -0.1) is 0 Å². The van der Waals surface area contributed by atoms with Gasteiger partial charge in [0, 0.05) is 42.6 Å². The van der Waals surface area contributed by atoms with Gasteiger partial charge in [0.15, 0.2) is 0 Å². The predicted molar refractivity (Wildman–Crippen MR) is 84.5 cm³/mol. The molecule has 0 bridgehead atoms. The quantitative estimate of drug-likeness (QED) is 0.887. The molecule has 0 unspecified atom stereocenters. The van der Waals surface area contributed by atoms with Crippen LogP contribution in [0.15, 0.2) is 24.3 Å². The number of anilines is 1. The first-order valence-electron chi connectivity index (χ1n) is 7.14. The van der Waals surface area contributed by atoms with Crippen LogP contribution in [0, 0.1) is 13.8 Å². The van der Waals surface area contributed by atoms with Crippen molar-refractivity contribution in [1.82, 2.24) is 15.1 Å². The number of aryl methyl sites for hydroxylation is 2. The molecule has 1 aromatic heterocycles. The van der Waals surface area contributed by atoms with Gasteiger partial charge in [-0.25, -0.2) is 0 Å². The third-order valence-corrected chi connectivity index (χ3v) is 3.61. The smallest absolute Gasteiger partial charge is 0.251 e. The van der Waals surface area contributed by atoms with Gasteiger partial charge in [-0.2, -0.15) is 5.10 Å². The Kier molecular flexibility index (Phi) is 4.62. The molecule has 1 amide bonds. The van der Waals surface area contributed by atoms with Crippen molar-refractivity contribution >= 4 is 11.6 Å². The van der Waals surface area contributed by atoms with E-state index in [0.29, 0.717) is 12.1 Å². The fourth-order valence-electron chi connectivity index (χ4n) is 2.29. The Morgan fingerprint density at radius 3 is 2.43 bits per heavy atom. The molecule has 0 saturated heterocycles. The van der Waals surface area contributed by atoms with E-state index in [-0.39, 0.29) is 5.91 Å². The summed E-state index contributed by atoms with van der Waals surface area (Å²) in [5.41, 5.74) is 4.80. The molecule has 0 aliphatic carbocycles. The number of carbonyl (C=O) groups is 1. The van der Waals surface area contributed by atoms with E-state index in [4.69, 9.17) is 0 Å². The van der Waals surface area contributed by atoms with Crippen molar-refractivity contribution in [3.05, 3.63) is 46.8 Å². The second kappa shape index (κ2) is 6.43. The van der Waals surface area contributed by atoms with Crippen LogP contribution in [0.1, 0.15) is 34.2 Å². The van der Waals surface area contributed by atoms with Crippen molar-refractivity contribution in [1.29, 1.82) is 0 Å². The number of nitrogens with one attached hydrogen (secondary N) is 2. The summed E-state index contributed by atoms with van der Waals surface area (Å²) in [6.07, 6.45) is 0. The molecule has 0 radical (unpaired) electrons. The maximum atomic E-state index is 12.2. The van der Waals surface area contributed by atoms with Crippen molar-refractivity contribution in [2.75, 3.05) is 11.9 Å². The summed E-state index contributed by atoms with van der Waals surface area (Å²) in [7, 11) is 1.91. The van der Waals surface area contributed by atoms with Crippen LogP contribution in [0.25, 0.3) is 0 Å². The first-order chi connectivity index (χ1) is 10.0. The van der Waals surface area contributed by atoms with E-state index in [1.165, 1.54) is 0 Å². The maximum absolute atomic E-state index is 12.2. The second-order valence-corrected chi connectivity index (χ2v) is 5.06. The number of aromatic nitrogens is 2. The molecule has 112 valence electrons. The molecule has 2 rings (SSSR count). The Balaban J connectivity index is 2.01. The molecule has 2 aromatic rings. The molecule has 0 saturated carbocycles. The van der Waals surface area contributed by atoms with Gasteiger partial charge in [-0.3, -0.25) is 9.48 Å². The lowest BCUT2D eigenvalue weighted by Crippen LogP contribution is -2.23. The number of hydrogen-bond donors (Lipinski definition) is 2. The zero-order valence-electron chi connectivity index (χ0n) is 13.0. The average molecular weight is 286 g/mol. The van der Waals surface area contributed by atoms with E-state index >= 15 is 0 Å². The average Bonchev–Trinajstić information content (AvgIpc) is 2.71. The van der Waals surface area contributed by atoms with Crippen molar-refractivity contribution in [3.63, 3.8) is 0 Å². The largest absolute Gasteiger partial charge is 0.385 e. The van der Waals surface area contributed by atoms with E-state index < -0.39 is 0 Å². The van der Waals surface area contributed by atoms with Gasteiger partial charge in [-0.05, 0) is 45.0 Å². The van der Waals surface area contributed by atoms with Crippen LogP contribution in [0.4, 0.5) is 5.69 Å². The van der Waals surface area contributed by atoms with Gasteiger partial charge in [0.25, 0.3) is 5.91 Å². The van der Waals surface area contributed by atoms with Gasteiger partial charge >= 0.3 is 0 Å². The van der Waals surface area contributed by atoms with Gasteiger partial charge in [0.05, 0.1) is 5.69 Å². The number of benzene rings is 1. The fraction of sp³-hybridized carbons (Fsp3) is 0.375. The molecule has 0 atom stereocenters. The molecule has 5 heteroatoms. The molecule has 0 spiro atoms. The third-order valence-electron chi connectivity index (χ3n) is 3.61. The number of hydrogen-bond acceptors (Lipinski definition) is 3. The minimum Gasteiger partial charge on any atom is -0.385 e. The summed E-state index contributed by atoms with van der Waals surface area (Å²) < 4.78 is 1.84. The highest BCUT2D eigenvalue weighted by Gasteiger charge is 2.11. The molecule has 5 nitrogen and oxygen atoms in total. The lowest BCUT2D eigenvalue weighted by Gasteiger charge is -2.07. The summed E-state index contributed by atoms with van der Waals surface area (Å²) in [5, 5.41) is 10.5. The zero-order chi connectivity index (χ0) is 15.4. The molecule has 0 aliphatic rings. The topological polar surface area (TPSA) is 59.0 Å². The van der Waals surface area contributed by atoms with Crippen molar-refractivity contribution in [2.45, 2.75) is 27.3 Å². The Bertz CT molecular complexity index is 628. The highest BCUT2D eigenvalue weighted by Crippen LogP contribution is 2.12. The molecule has 1 aromatic carbocycles. The molecular formula is C16H22N4O. The van der Waals surface area contributed by atoms with E-state index in [1.807, 2.05) is 56.8 Å². The Labute approximate surface area is 125 Å². The van der Waals surface area contributed by atoms with Gasteiger partial charge in [-0.1, -0.05) is 0 Å². The standard InChI is InChI=1S/C16H22N4O/c1-5-17-14-8-6-13(7-9-14)16(21)18-10-15-11(2)19-20(4)12(15)3/h6-9,17H,5,10H2,1-4H3,(H,18,21). The lowest BCUT2D eigenvalue weighted by atomic mass is 10.1. The van der Waals surface area contributed by atoms with Gasteiger partial charge in [0.2, 0.25) is 0 Å². The molecule has 1 heterocycles. The first-order valence-corrected chi connectivity index (χ1v) is 7.14. The van der Waals surface area contributed by atoms with Crippen LogP contribution < -0.4 is 10.6 Å². The van der Waals surface area contributed by atoms with Gasteiger partial charge < -0.3 is 10.6 Å². The van der Waals surface area contributed by atoms with E-state index in [0.717, 1.165) is 29.2 Å². The second-order valence-electron chi connectivity index (χ2n) is 5.06. The normalized spacial score (nSPS) is 10.5. The minimum absolute atomic E-state index is 0.0688. The molecule has 0 fully saturated rings. The Hall–Kier alpha value is -2.30. The van der Waals surface area contributed by atoms with Crippen molar-refractivity contribution in [2.24, 2.45) is 7.05 Å². The van der Waals surface area contributed by atoms with Crippen LogP contribution in [-0.2, 0) is 13.6 Å². The van der Waals surface area contributed by atoms with E-state index in [1.54, 1.807) is 0 Å². The highest BCUT2D eigenvalue weighted by molar-refractivity contribution is 5.94. The maximum Gasteiger partial charge on any atom is 0.251 e. The van der Waals surface area contributed by atoms with Crippen LogP contribution in [-0.4, -0.2) is 22.2 Å². The number of nitrogens with zero attached hydrogens (tertiary/aromatic N) is 2. The van der Waals surface area contributed by atoms with Crippen LogP contribution in [0.5, 0.6) is 0 Å². The van der Waals surface area contributed by atoms with Crippen LogP contribution >= 0.6 is 0 Å². The SMILES string of the molecule is CCNc1ccc(C(=O)NCc2c(C)nn(C)c2C)cc1. The minimum atomic E-state index is -0.0688. The number of amides is 1. The summed E-state index contributed by atoms with van der Waals surface area (Å²) >= 11 is 0. The summed E-state index contributed by atoms with van der Waals surface area (Å²) in [6.45, 7) is 7.37. The number of carbonyl (C=O) groups excluding carboxylic acids is 1. The summed E-state index contributed by atoms with van der Waals surface area (Å²) in [5.74, 6) is -0.0688. The molecule has 21 heavy (non-hydrogen) atoms. The third kappa shape index (κ3) is 3.42. The van der Waals surface area contributed by atoms with E-state index in [2.05, 4.69) is 15.7 Å². The first kappa shape index (κ1) is 15.1. The molecule has 0 aliphatic heterocycles. The monoisotopic (exact) mass is 286 g/mol. The molecule has 2 N–H and O–H groups in total. The van der Waals surface area contributed by atoms with Crippen molar-refractivity contribution in [3.8, 4) is 0 Å². The lowest BCUT2D eigenvalue weighted by molar-refractivity contribution is 0.0951. The fourth-order valence-corrected chi connectivity index (χ4v) is 2.29. The Morgan fingerprint density at radius 2 is 1.90 bits per heavy atom. The molecular weight excluding hydrogens is 264 g/mol. The van der Waals surface area contributed by atoms with Crippen LogP contribution in [0.3, 0.4) is 0 Å². The van der Waals surface area contributed by atoms with E-state index in [9.17, 15) is 4.79 Å². The Morgan fingerprint density at radius 1 is 1.24 bits per heavy atom. The van der Waals surface area contributed by atoms with Crippen LogP contribution in [0.2, 0.25) is 0 Å². The number of rotatable bonds is 5. The zero-order valence-corrected chi connectivity index (χ0v) is 13.0. The van der Waals surface area contributed by atoms with Crippen molar-refractivity contribution < 1.29 is 4.79 Å². The predicted octanol–water partition coefficient (Wildman–Crippen LogP) is 2.40. The van der Waals surface area contributed by atoms with Gasteiger partial charge in [0.1, 0.15) is 0 Å². The summed E-state index contributed by atoms with van der Waals surface area (Å²) in [4.78, 5) is 12.2. The summed E-state index contributed by atoms with van der Waals surface area (Å²) in [6, 6.07) is 7.49. The highest BCUT2D eigenvalue weighted by atomic mass is 16.1.